The molecule has 5 heteroatoms. The third-order valence-electron chi connectivity index (χ3n) is 3.03. The Kier molecular flexibility index (Phi) is 5.35. The normalized spacial score (nSPS) is 9.90. The summed E-state index contributed by atoms with van der Waals surface area (Å²) in [6, 6.07) is 11.0. The maximum atomic E-state index is 11.8. The summed E-state index contributed by atoms with van der Waals surface area (Å²) in [6.07, 6.45) is 0.959. The maximum Gasteiger partial charge on any atom is 0.258 e. The zero-order chi connectivity index (χ0) is 15.1. The van der Waals surface area contributed by atoms with Crippen molar-refractivity contribution in [3.8, 4) is 11.8 Å². The summed E-state index contributed by atoms with van der Waals surface area (Å²) in [6.45, 7) is 2.52. The number of thiophene rings is 1. The van der Waals surface area contributed by atoms with Crippen molar-refractivity contribution >= 4 is 17.2 Å². The van der Waals surface area contributed by atoms with Crippen LogP contribution in [-0.2, 0) is 17.8 Å². The van der Waals surface area contributed by atoms with Crippen LogP contribution in [0.5, 0.6) is 5.75 Å². The Morgan fingerprint density at radius 2 is 2.19 bits per heavy atom. The molecule has 1 heterocycles. The lowest BCUT2D eigenvalue weighted by atomic mass is 10.2. The van der Waals surface area contributed by atoms with E-state index < -0.39 is 0 Å². The lowest BCUT2D eigenvalue weighted by Crippen LogP contribution is -2.28. The highest BCUT2D eigenvalue weighted by Gasteiger charge is 2.08. The van der Waals surface area contributed by atoms with E-state index in [0.717, 1.165) is 6.42 Å². The van der Waals surface area contributed by atoms with Crippen LogP contribution in [0.25, 0.3) is 0 Å². The number of benzene rings is 1. The maximum absolute atomic E-state index is 11.8. The van der Waals surface area contributed by atoms with E-state index in [9.17, 15) is 4.79 Å². The molecule has 0 bridgehead atoms. The van der Waals surface area contributed by atoms with Gasteiger partial charge in [-0.05, 0) is 35.6 Å². The molecule has 108 valence electrons. The van der Waals surface area contributed by atoms with Gasteiger partial charge in [0, 0.05) is 4.88 Å². The lowest BCUT2D eigenvalue weighted by Gasteiger charge is -2.08. The second-order valence-electron chi connectivity index (χ2n) is 4.40. The summed E-state index contributed by atoms with van der Waals surface area (Å²) in [5.74, 6) is 0.235. The van der Waals surface area contributed by atoms with Gasteiger partial charge in [-0.1, -0.05) is 19.1 Å². The van der Waals surface area contributed by atoms with E-state index >= 15 is 0 Å². The lowest BCUT2D eigenvalue weighted by molar-refractivity contribution is -0.123. The number of nitrogens with one attached hydrogen (secondary N) is 1. The molecule has 0 spiro atoms. The molecule has 2 aromatic rings. The Balaban J connectivity index is 1.84. The highest BCUT2D eigenvalue weighted by Crippen LogP contribution is 2.17. The minimum absolute atomic E-state index is 0.0917. The van der Waals surface area contributed by atoms with Gasteiger partial charge in [0.05, 0.1) is 12.1 Å². The second kappa shape index (κ2) is 7.46. The van der Waals surface area contributed by atoms with Crippen molar-refractivity contribution in [2.24, 2.45) is 0 Å². The molecule has 0 unspecified atom stereocenters. The molecule has 0 fully saturated rings. The van der Waals surface area contributed by atoms with Crippen molar-refractivity contribution in [2.45, 2.75) is 19.9 Å². The monoisotopic (exact) mass is 300 g/mol. The van der Waals surface area contributed by atoms with Gasteiger partial charge in [0.1, 0.15) is 11.8 Å². The van der Waals surface area contributed by atoms with E-state index in [4.69, 9.17) is 10.00 Å². The predicted molar refractivity (Wildman–Crippen MR) is 82.2 cm³/mol. The van der Waals surface area contributed by atoms with Gasteiger partial charge in [-0.15, -0.1) is 11.3 Å². The number of amides is 1. The number of hydrogen-bond donors (Lipinski definition) is 1. The van der Waals surface area contributed by atoms with Crippen LogP contribution in [-0.4, -0.2) is 12.5 Å². The molecule has 1 N–H and O–H groups in total. The van der Waals surface area contributed by atoms with Gasteiger partial charge >= 0.3 is 0 Å². The van der Waals surface area contributed by atoms with Crippen LogP contribution in [0.2, 0.25) is 0 Å². The molecule has 1 aromatic heterocycles. The molecular weight excluding hydrogens is 284 g/mol. The molecule has 0 radical (unpaired) electrons. The number of hydrogen-bond acceptors (Lipinski definition) is 4. The summed E-state index contributed by atoms with van der Waals surface area (Å²) in [4.78, 5) is 13.0. The number of aryl methyl sites for hydroxylation is 1. The second-order valence-corrected chi connectivity index (χ2v) is 5.40. The van der Waals surface area contributed by atoms with Gasteiger partial charge in [-0.25, -0.2) is 0 Å². The zero-order valence-electron chi connectivity index (χ0n) is 11.8. The van der Waals surface area contributed by atoms with Crippen molar-refractivity contribution < 1.29 is 9.53 Å². The fourth-order valence-electron chi connectivity index (χ4n) is 1.90. The molecule has 0 saturated carbocycles. The number of para-hydroxylation sites is 1. The summed E-state index contributed by atoms with van der Waals surface area (Å²) in [5, 5.41) is 13.8. The highest BCUT2D eigenvalue weighted by atomic mass is 32.1. The van der Waals surface area contributed by atoms with Gasteiger partial charge in [-0.3, -0.25) is 4.79 Å². The summed E-state index contributed by atoms with van der Waals surface area (Å²) in [5.41, 5.74) is 1.69. The minimum atomic E-state index is -0.196. The molecule has 21 heavy (non-hydrogen) atoms. The summed E-state index contributed by atoms with van der Waals surface area (Å²) in [7, 11) is 0. The van der Waals surface area contributed by atoms with Crippen LogP contribution >= 0.6 is 11.3 Å². The van der Waals surface area contributed by atoms with Gasteiger partial charge in [0.2, 0.25) is 0 Å². The van der Waals surface area contributed by atoms with E-state index in [1.165, 1.54) is 10.4 Å². The van der Waals surface area contributed by atoms with Crippen molar-refractivity contribution in [3.63, 3.8) is 0 Å². The van der Waals surface area contributed by atoms with Crippen molar-refractivity contribution in [2.75, 3.05) is 6.61 Å². The number of rotatable bonds is 6. The van der Waals surface area contributed by atoms with Gasteiger partial charge in [0.15, 0.2) is 6.61 Å². The SMILES string of the molecule is CCc1ccsc1CNC(=O)COc1ccccc1C#N. The van der Waals surface area contributed by atoms with E-state index in [0.29, 0.717) is 17.9 Å². The van der Waals surface area contributed by atoms with Crippen LogP contribution in [0.1, 0.15) is 22.9 Å². The van der Waals surface area contributed by atoms with Gasteiger partial charge in [-0.2, -0.15) is 5.26 Å². The Hall–Kier alpha value is -2.32. The fraction of sp³-hybridized carbons (Fsp3) is 0.250. The molecule has 0 saturated heterocycles. The number of ether oxygens (including phenoxy) is 1. The van der Waals surface area contributed by atoms with E-state index in [1.54, 1.807) is 35.6 Å². The molecule has 1 aromatic carbocycles. The van der Waals surface area contributed by atoms with Gasteiger partial charge < -0.3 is 10.1 Å². The van der Waals surface area contributed by atoms with Crippen molar-refractivity contribution in [1.82, 2.24) is 5.32 Å². The number of carbonyl (C=O) groups excluding carboxylic acids is 1. The Bertz CT molecular complexity index is 658. The Morgan fingerprint density at radius 1 is 1.38 bits per heavy atom. The smallest absolute Gasteiger partial charge is 0.258 e. The average Bonchev–Trinajstić information content (AvgIpc) is 2.98. The van der Waals surface area contributed by atoms with Crippen LogP contribution in [0.3, 0.4) is 0 Å². The molecule has 0 aliphatic rings. The molecule has 0 aliphatic carbocycles. The first-order valence-electron chi connectivity index (χ1n) is 6.68. The molecule has 4 nitrogen and oxygen atoms in total. The van der Waals surface area contributed by atoms with E-state index in [1.807, 2.05) is 11.4 Å². The van der Waals surface area contributed by atoms with Crippen LogP contribution in [0, 0.1) is 11.3 Å². The first-order valence-corrected chi connectivity index (χ1v) is 7.56. The Labute approximate surface area is 128 Å². The molecule has 2 rings (SSSR count). The number of nitriles is 1. The molecule has 1 amide bonds. The Morgan fingerprint density at radius 3 is 2.95 bits per heavy atom. The third kappa shape index (κ3) is 4.07. The first kappa shape index (κ1) is 15.1. The minimum Gasteiger partial charge on any atom is -0.482 e. The molecule has 0 atom stereocenters. The topological polar surface area (TPSA) is 62.1 Å². The number of nitrogens with zero attached hydrogens (tertiary/aromatic N) is 1. The molecular formula is C16H16N2O2S. The van der Waals surface area contributed by atoms with Gasteiger partial charge in [0.25, 0.3) is 5.91 Å². The largest absolute Gasteiger partial charge is 0.482 e. The van der Waals surface area contributed by atoms with E-state index in [-0.39, 0.29) is 12.5 Å². The predicted octanol–water partition coefficient (Wildman–Crippen LogP) is 2.88. The summed E-state index contributed by atoms with van der Waals surface area (Å²) < 4.78 is 5.39. The van der Waals surface area contributed by atoms with Crippen molar-refractivity contribution in [1.29, 1.82) is 5.26 Å². The van der Waals surface area contributed by atoms with Crippen LogP contribution in [0.15, 0.2) is 35.7 Å². The fourth-order valence-corrected chi connectivity index (χ4v) is 2.81. The van der Waals surface area contributed by atoms with Crippen LogP contribution < -0.4 is 10.1 Å². The standard InChI is InChI=1S/C16H16N2O2S/c1-2-12-7-8-21-15(12)10-18-16(19)11-20-14-6-4-3-5-13(14)9-17/h3-8H,2,10-11H2,1H3,(H,18,19). The van der Waals surface area contributed by atoms with E-state index in [2.05, 4.69) is 18.3 Å². The highest BCUT2D eigenvalue weighted by molar-refractivity contribution is 7.10. The van der Waals surface area contributed by atoms with Crippen molar-refractivity contribution in [3.05, 3.63) is 51.7 Å². The van der Waals surface area contributed by atoms with Crippen LogP contribution in [0.4, 0.5) is 0 Å². The third-order valence-corrected chi connectivity index (χ3v) is 3.99. The average molecular weight is 300 g/mol. The zero-order valence-corrected chi connectivity index (χ0v) is 12.6. The number of carbonyl (C=O) groups is 1. The molecule has 0 aliphatic heterocycles. The first-order chi connectivity index (χ1) is 10.2. The summed E-state index contributed by atoms with van der Waals surface area (Å²) >= 11 is 1.64. The quantitative estimate of drug-likeness (QED) is 0.892.